The van der Waals surface area contributed by atoms with E-state index >= 15 is 0 Å². The van der Waals surface area contributed by atoms with Gasteiger partial charge in [0.25, 0.3) is 11.5 Å². The lowest BCUT2D eigenvalue weighted by Gasteiger charge is -2.30. The van der Waals surface area contributed by atoms with Gasteiger partial charge in [-0.05, 0) is 61.9 Å². The minimum atomic E-state index is -0.177. The number of aryl methyl sites for hydroxylation is 2. The third-order valence-corrected chi connectivity index (χ3v) is 6.25. The van der Waals surface area contributed by atoms with Crippen molar-refractivity contribution in [2.45, 2.75) is 26.8 Å². The van der Waals surface area contributed by atoms with Crippen LogP contribution in [0.15, 0.2) is 71.8 Å². The number of anilines is 3. The molecule has 0 atom stereocenters. The fourth-order valence-electron chi connectivity index (χ4n) is 4.34. The lowest BCUT2D eigenvalue weighted by molar-refractivity contribution is 0.102. The molecule has 5 rings (SSSR count). The van der Waals surface area contributed by atoms with Crippen LogP contribution in [0.2, 0.25) is 0 Å². The Labute approximate surface area is 203 Å². The van der Waals surface area contributed by atoms with Crippen molar-refractivity contribution in [3.05, 3.63) is 105 Å². The van der Waals surface area contributed by atoms with Gasteiger partial charge in [-0.1, -0.05) is 17.7 Å². The average Bonchev–Trinajstić information content (AvgIpc) is 2.85. The molecule has 1 aliphatic heterocycles. The molecule has 0 radical (unpaired) electrons. The Kier molecular flexibility index (Phi) is 5.78. The van der Waals surface area contributed by atoms with E-state index in [1.54, 1.807) is 41.2 Å². The van der Waals surface area contributed by atoms with Crippen LogP contribution in [-0.2, 0) is 13.0 Å². The van der Waals surface area contributed by atoms with Crippen LogP contribution in [0.5, 0.6) is 0 Å². The molecule has 0 bridgehead atoms. The van der Waals surface area contributed by atoms with E-state index in [0.29, 0.717) is 36.4 Å². The van der Waals surface area contributed by atoms with Crippen molar-refractivity contribution in [1.82, 2.24) is 14.5 Å². The highest BCUT2D eigenvalue weighted by atomic mass is 16.1. The Morgan fingerprint density at radius 2 is 1.77 bits per heavy atom. The molecule has 0 unspecified atom stereocenters. The van der Waals surface area contributed by atoms with Crippen molar-refractivity contribution in [3.8, 4) is 5.69 Å². The summed E-state index contributed by atoms with van der Waals surface area (Å²) in [7, 11) is 0. The van der Waals surface area contributed by atoms with Crippen LogP contribution in [-0.4, -0.2) is 27.0 Å². The van der Waals surface area contributed by atoms with Crippen molar-refractivity contribution < 1.29 is 4.79 Å². The molecule has 4 aromatic rings. The summed E-state index contributed by atoms with van der Waals surface area (Å²) in [6.45, 7) is 5.15. The Morgan fingerprint density at radius 1 is 1.03 bits per heavy atom. The second kappa shape index (κ2) is 9.06. The van der Waals surface area contributed by atoms with Crippen molar-refractivity contribution in [3.63, 3.8) is 0 Å². The molecule has 3 N–H and O–H groups in total. The number of hydrogen-bond acceptors (Lipinski definition) is 6. The summed E-state index contributed by atoms with van der Waals surface area (Å²) in [5.41, 5.74) is 12.2. The van der Waals surface area contributed by atoms with Gasteiger partial charge in [-0.3, -0.25) is 14.2 Å². The zero-order valence-corrected chi connectivity index (χ0v) is 19.7. The molecule has 35 heavy (non-hydrogen) atoms. The number of fused-ring (bicyclic) bond motifs is 1. The largest absolute Gasteiger partial charge is 0.368 e. The third-order valence-electron chi connectivity index (χ3n) is 6.25. The van der Waals surface area contributed by atoms with Crippen LogP contribution in [0, 0.1) is 13.8 Å². The quantitative estimate of drug-likeness (QED) is 0.476. The van der Waals surface area contributed by atoms with E-state index in [9.17, 15) is 9.59 Å². The average molecular weight is 467 g/mol. The number of nitrogens with two attached hydrogens (primary N) is 1. The summed E-state index contributed by atoms with van der Waals surface area (Å²) < 4.78 is 1.63. The normalized spacial score (nSPS) is 12.8. The van der Waals surface area contributed by atoms with E-state index < -0.39 is 0 Å². The smallest absolute Gasteiger partial charge is 0.278 e. The molecule has 8 nitrogen and oxygen atoms in total. The summed E-state index contributed by atoms with van der Waals surface area (Å²) in [6.07, 6.45) is 4.22. The van der Waals surface area contributed by atoms with Crippen molar-refractivity contribution >= 4 is 23.2 Å². The second-order valence-electron chi connectivity index (χ2n) is 8.76. The van der Waals surface area contributed by atoms with Crippen molar-refractivity contribution in [1.29, 1.82) is 0 Å². The molecular weight excluding hydrogens is 440 g/mol. The van der Waals surface area contributed by atoms with Crippen molar-refractivity contribution in [2.24, 2.45) is 0 Å². The predicted molar refractivity (Wildman–Crippen MR) is 137 cm³/mol. The molecule has 2 aromatic carbocycles. The van der Waals surface area contributed by atoms with E-state index in [-0.39, 0.29) is 17.4 Å². The number of pyridine rings is 1. The topological polar surface area (TPSA) is 106 Å². The molecule has 2 aromatic heterocycles. The highest BCUT2D eigenvalue weighted by Crippen LogP contribution is 2.24. The Morgan fingerprint density at radius 3 is 2.51 bits per heavy atom. The summed E-state index contributed by atoms with van der Waals surface area (Å²) >= 11 is 0. The van der Waals surface area contributed by atoms with Crippen LogP contribution in [0.1, 0.15) is 32.7 Å². The first-order valence-electron chi connectivity index (χ1n) is 11.4. The molecule has 0 aliphatic carbocycles. The minimum Gasteiger partial charge on any atom is -0.368 e. The van der Waals surface area contributed by atoms with Gasteiger partial charge >= 0.3 is 0 Å². The molecule has 0 spiro atoms. The maximum Gasteiger partial charge on any atom is 0.278 e. The molecule has 0 saturated heterocycles. The first-order valence-corrected chi connectivity index (χ1v) is 11.4. The summed E-state index contributed by atoms with van der Waals surface area (Å²) in [4.78, 5) is 36.6. The van der Waals surface area contributed by atoms with E-state index in [2.05, 4.69) is 20.2 Å². The maximum absolute atomic E-state index is 13.5. The Balaban J connectivity index is 1.38. The van der Waals surface area contributed by atoms with Gasteiger partial charge in [0.1, 0.15) is 5.69 Å². The number of benzene rings is 2. The standard InChI is InChI=1S/C27H26N6O2/c1-17-3-5-19(6-4-17)25(34)30-21-7-9-22(10-8-21)33-14-11-18(2)24(26(33)35)32-13-12-23-20(16-32)15-29-27(28)31-23/h3-11,14-15H,12-13,16H2,1-2H3,(H,30,34)(H2,28,29,31). The molecule has 176 valence electrons. The monoisotopic (exact) mass is 466 g/mol. The van der Waals surface area contributed by atoms with Crippen molar-refractivity contribution in [2.75, 3.05) is 22.5 Å². The number of carbonyl (C=O) groups excluding carboxylic acids is 1. The molecule has 3 heterocycles. The predicted octanol–water partition coefficient (Wildman–Crippen LogP) is 3.64. The van der Waals surface area contributed by atoms with Gasteiger partial charge in [0, 0.05) is 54.4 Å². The maximum atomic E-state index is 13.5. The molecular formula is C27H26N6O2. The van der Waals surface area contributed by atoms with E-state index in [1.807, 2.05) is 44.2 Å². The van der Waals surface area contributed by atoms with Gasteiger partial charge in [0.05, 0.1) is 5.69 Å². The summed E-state index contributed by atoms with van der Waals surface area (Å²) in [6, 6.07) is 16.6. The van der Waals surface area contributed by atoms with Gasteiger partial charge in [-0.25, -0.2) is 9.97 Å². The van der Waals surface area contributed by atoms with Gasteiger partial charge in [0.2, 0.25) is 5.95 Å². The first-order chi connectivity index (χ1) is 16.9. The van der Waals surface area contributed by atoms with E-state index in [1.165, 1.54) is 0 Å². The van der Waals surface area contributed by atoms with E-state index in [0.717, 1.165) is 28.1 Å². The van der Waals surface area contributed by atoms with Crippen LogP contribution in [0.4, 0.5) is 17.3 Å². The SMILES string of the molecule is Cc1ccc(C(=O)Nc2ccc(-n3ccc(C)c(N4CCc5nc(N)ncc5C4)c3=O)cc2)cc1. The number of carbonyl (C=O) groups is 1. The minimum absolute atomic E-state index is 0.0961. The highest BCUT2D eigenvalue weighted by Gasteiger charge is 2.22. The number of nitrogen functional groups attached to an aromatic ring is 1. The number of amides is 1. The van der Waals surface area contributed by atoms with Gasteiger partial charge in [-0.15, -0.1) is 0 Å². The molecule has 0 saturated carbocycles. The number of aromatic nitrogens is 3. The lowest BCUT2D eigenvalue weighted by Crippen LogP contribution is -2.37. The second-order valence-corrected chi connectivity index (χ2v) is 8.76. The summed E-state index contributed by atoms with van der Waals surface area (Å²) in [5.74, 6) is 0.0950. The first kappa shape index (κ1) is 22.3. The summed E-state index contributed by atoms with van der Waals surface area (Å²) in [5, 5.41) is 2.90. The molecule has 1 amide bonds. The zero-order valence-electron chi connectivity index (χ0n) is 19.7. The van der Waals surface area contributed by atoms with Gasteiger partial charge in [0.15, 0.2) is 0 Å². The Hall–Kier alpha value is -4.46. The Bertz CT molecular complexity index is 1460. The molecule has 1 aliphatic rings. The fourth-order valence-corrected chi connectivity index (χ4v) is 4.34. The molecule has 0 fully saturated rings. The van der Waals surface area contributed by atoms with Gasteiger partial charge < -0.3 is 16.0 Å². The highest BCUT2D eigenvalue weighted by molar-refractivity contribution is 6.04. The fraction of sp³-hybridized carbons (Fsp3) is 0.185. The van der Waals surface area contributed by atoms with Crippen LogP contribution < -0.4 is 21.5 Å². The van der Waals surface area contributed by atoms with Crippen LogP contribution in [0.3, 0.4) is 0 Å². The number of hydrogen-bond donors (Lipinski definition) is 2. The number of rotatable bonds is 4. The third kappa shape index (κ3) is 4.50. The lowest BCUT2D eigenvalue weighted by atomic mass is 10.1. The van der Waals surface area contributed by atoms with Crippen LogP contribution in [0.25, 0.3) is 5.69 Å². The van der Waals surface area contributed by atoms with E-state index in [4.69, 9.17) is 5.73 Å². The van der Waals surface area contributed by atoms with Gasteiger partial charge in [-0.2, -0.15) is 0 Å². The van der Waals surface area contributed by atoms with Crippen LogP contribution >= 0.6 is 0 Å². The zero-order chi connectivity index (χ0) is 24.5. The number of nitrogens with one attached hydrogen (secondary N) is 1. The molecule has 8 heteroatoms. The number of nitrogens with zero attached hydrogens (tertiary/aromatic N) is 4.